The topological polar surface area (TPSA) is 56.7 Å². The zero-order valence-electron chi connectivity index (χ0n) is 19.1. The van der Waals surface area contributed by atoms with E-state index in [0.29, 0.717) is 11.5 Å². The van der Waals surface area contributed by atoms with E-state index < -0.39 is 5.97 Å². The van der Waals surface area contributed by atoms with Gasteiger partial charge in [0.15, 0.2) is 0 Å². The summed E-state index contributed by atoms with van der Waals surface area (Å²) in [6.07, 6.45) is 8.35. The summed E-state index contributed by atoms with van der Waals surface area (Å²) in [5.74, 6) is -0.419. The maximum atomic E-state index is 11.5. The van der Waals surface area contributed by atoms with Crippen LogP contribution < -0.4 is 9.80 Å². The van der Waals surface area contributed by atoms with Crippen LogP contribution in [-0.4, -0.2) is 37.2 Å². The highest BCUT2D eigenvalue weighted by molar-refractivity contribution is 5.89. The van der Waals surface area contributed by atoms with E-state index >= 15 is 0 Å². The van der Waals surface area contributed by atoms with Crippen LogP contribution in [0, 0.1) is 0 Å². The Hall–Kier alpha value is -3.34. The van der Waals surface area contributed by atoms with Crippen molar-refractivity contribution in [3.8, 4) is 0 Å². The molecule has 3 aromatic rings. The van der Waals surface area contributed by atoms with E-state index in [4.69, 9.17) is 0 Å². The molecule has 0 aliphatic heterocycles. The summed E-state index contributed by atoms with van der Waals surface area (Å²) in [5.41, 5.74) is 7.58. The Morgan fingerprint density at radius 1 is 1.03 bits per heavy atom. The Morgan fingerprint density at radius 2 is 1.75 bits per heavy atom. The van der Waals surface area contributed by atoms with Crippen molar-refractivity contribution in [2.75, 3.05) is 30.9 Å². The van der Waals surface area contributed by atoms with Gasteiger partial charge in [0, 0.05) is 50.6 Å². The largest absolute Gasteiger partial charge is 0.478 e. The van der Waals surface area contributed by atoms with Gasteiger partial charge < -0.3 is 14.9 Å². The molecule has 1 aromatic heterocycles. The number of carbonyl (C=O) groups is 1. The van der Waals surface area contributed by atoms with Gasteiger partial charge in [-0.3, -0.25) is 4.98 Å². The van der Waals surface area contributed by atoms with E-state index in [0.717, 1.165) is 31.2 Å². The van der Waals surface area contributed by atoms with Crippen LogP contribution in [0.4, 0.5) is 17.1 Å². The number of carboxylic acids is 1. The van der Waals surface area contributed by atoms with Gasteiger partial charge in [0.2, 0.25) is 0 Å². The highest BCUT2D eigenvalue weighted by Crippen LogP contribution is 2.38. The molecule has 0 amide bonds. The normalized spacial score (nSPS) is 15.2. The second-order valence-corrected chi connectivity index (χ2v) is 8.82. The van der Waals surface area contributed by atoms with Crippen LogP contribution in [0.2, 0.25) is 0 Å². The van der Waals surface area contributed by atoms with E-state index in [1.165, 1.54) is 34.6 Å². The number of fused-ring (bicyclic) bond motifs is 1. The second kappa shape index (κ2) is 9.43. The van der Waals surface area contributed by atoms with Crippen LogP contribution >= 0.6 is 0 Å². The van der Waals surface area contributed by atoms with E-state index in [9.17, 15) is 9.90 Å². The molecule has 2 aromatic carbocycles. The van der Waals surface area contributed by atoms with Crippen molar-refractivity contribution < 1.29 is 9.90 Å². The molecule has 1 aliphatic rings. The molecule has 5 heteroatoms. The molecule has 5 nitrogen and oxygen atoms in total. The lowest BCUT2D eigenvalue weighted by Gasteiger charge is -2.28. The number of aryl methyl sites for hydroxylation is 2. The van der Waals surface area contributed by atoms with Crippen LogP contribution in [0.1, 0.15) is 52.2 Å². The number of rotatable bonds is 7. The SMILES string of the molecule is CN(C)c1ccc(N(C)c2ccc3c(c2)CCC[C@H]3CCc2cnccc2C(=O)O)cc1. The fraction of sp³-hybridized carbons (Fsp3) is 0.333. The molecule has 0 unspecified atom stereocenters. The zero-order valence-corrected chi connectivity index (χ0v) is 19.1. The van der Waals surface area contributed by atoms with Gasteiger partial charge in [-0.2, -0.15) is 0 Å². The van der Waals surface area contributed by atoms with Gasteiger partial charge in [-0.15, -0.1) is 0 Å². The number of aromatic nitrogens is 1. The van der Waals surface area contributed by atoms with Gasteiger partial charge in [-0.05, 0) is 97.2 Å². The van der Waals surface area contributed by atoms with E-state index in [1.54, 1.807) is 18.5 Å². The molecule has 0 fully saturated rings. The third-order valence-corrected chi connectivity index (χ3v) is 6.60. The summed E-state index contributed by atoms with van der Waals surface area (Å²) in [6.45, 7) is 0. The van der Waals surface area contributed by atoms with Crippen molar-refractivity contribution in [3.05, 3.63) is 83.2 Å². The first kappa shape index (κ1) is 21.9. The minimum Gasteiger partial charge on any atom is -0.478 e. The van der Waals surface area contributed by atoms with Crippen molar-refractivity contribution in [3.63, 3.8) is 0 Å². The summed E-state index contributed by atoms with van der Waals surface area (Å²) in [7, 11) is 6.22. The summed E-state index contributed by atoms with van der Waals surface area (Å²) >= 11 is 0. The number of benzene rings is 2. The van der Waals surface area contributed by atoms with Crippen molar-refractivity contribution in [1.82, 2.24) is 4.98 Å². The predicted molar refractivity (Wildman–Crippen MR) is 130 cm³/mol. The van der Waals surface area contributed by atoms with Crippen molar-refractivity contribution in [2.24, 2.45) is 0 Å². The molecule has 1 N–H and O–H groups in total. The first-order valence-corrected chi connectivity index (χ1v) is 11.2. The summed E-state index contributed by atoms with van der Waals surface area (Å²) in [4.78, 5) is 20.0. The lowest BCUT2D eigenvalue weighted by molar-refractivity contribution is 0.0695. The molecule has 166 valence electrons. The average Bonchev–Trinajstić information content (AvgIpc) is 2.82. The highest BCUT2D eigenvalue weighted by Gasteiger charge is 2.22. The van der Waals surface area contributed by atoms with Crippen LogP contribution in [0.5, 0.6) is 0 Å². The standard InChI is InChI=1S/C27H31N3O2/c1-29(2)22-9-11-23(12-10-22)30(3)24-13-14-25-19(5-4-6-20(25)17-24)7-8-21-18-28-16-15-26(21)27(31)32/h9-19H,4-8H2,1-3H3,(H,31,32)/t19-/m0/s1. The monoisotopic (exact) mass is 429 g/mol. The first-order chi connectivity index (χ1) is 15.4. The van der Waals surface area contributed by atoms with Gasteiger partial charge in [-0.1, -0.05) is 6.07 Å². The summed E-state index contributed by atoms with van der Waals surface area (Å²) in [5, 5.41) is 9.44. The average molecular weight is 430 g/mol. The minimum absolute atomic E-state index is 0.369. The number of nitrogens with zero attached hydrogens (tertiary/aromatic N) is 3. The van der Waals surface area contributed by atoms with Crippen LogP contribution in [0.3, 0.4) is 0 Å². The molecule has 0 bridgehead atoms. The van der Waals surface area contributed by atoms with Gasteiger partial charge in [0.1, 0.15) is 0 Å². The smallest absolute Gasteiger partial charge is 0.336 e. The summed E-state index contributed by atoms with van der Waals surface area (Å²) in [6, 6.07) is 17.0. The highest BCUT2D eigenvalue weighted by atomic mass is 16.4. The quantitative estimate of drug-likeness (QED) is 0.525. The number of hydrogen-bond donors (Lipinski definition) is 1. The van der Waals surface area contributed by atoms with Gasteiger partial charge in [-0.25, -0.2) is 4.79 Å². The zero-order chi connectivity index (χ0) is 22.7. The number of anilines is 3. The molecule has 1 atom stereocenters. The fourth-order valence-electron chi connectivity index (χ4n) is 4.70. The minimum atomic E-state index is -0.877. The molecule has 1 aliphatic carbocycles. The third-order valence-electron chi connectivity index (χ3n) is 6.60. The summed E-state index contributed by atoms with van der Waals surface area (Å²) < 4.78 is 0. The fourth-order valence-corrected chi connectivity index (χ4v) is 4.70. The van der Waals surface area contributed by atoms with Crippen molar-refractivity contribution in [2.45, 2.75) is 38.0 Å². The number of aromatic carboxylic acids is 1. The molecular weight excluding hydrogens is 398 g/mol. The molecule has 1 heterocycles. The molecule has 4 rings (SSSR count). The van der Waals surface area contributed by atoms with Crippen LogP contribution in [-0.2, 0) is 12.8 Å². The second-order valence-electron chi connectivity index (χ2n) is 8.82. The Balaban J connectivity index is 1.51. The van der Waals surface area contributed by atoms with Crippen LogP contribution in [0.25, 0.3) is 0 Å². The Morgan fingerprint density at radius 3 is 2.47 bits per heavy atom. The number of pyridine rings is 1. The lowest BCUT2D eigenvalue weighted by Crippen LogP contribution is -2.15. The number of carboxylic acid groups (broad SMARTS) is 1. The van der Waals surface area contributed by atoms with Crippen molar-refractivity contribution >= 4 is 23.0 Å². The maximum absolute atomic E-state index is 11.5. The lowest BCUT2D eigenvalue weighted by atomic mass is 9.79. The predicted octanol–water partition coefficient (Wildman–Crippen LogP) is 5.67. The van der Waals surface area contributed by atoms with E-state index in [-0.39, 0.29) is 0 Å². The van der Waals surface area contributed by atoms with Crippen LogP contribution in [0.15, 0.2) is 60.9 Å². The molecule has 0 saturated carbocycles. The molecule has 0 saturated heterocycles. The van der Waals surface area contributed by atoms with Crippen molar-refractivity contribution in [1.29, 1.82) is 0 Å². The van der Waals surface area contributed by atoms with E-state index in [2.05, 4.69) is 78.4 Å². The van der Waals surface area contributed by atoms with Gasteiger partial charge in [0.25, 0.3) is 0 Å². The molecule has 32 heavy (non-hydrogen) atoms. The van der Waals surface area contributed by atoms with Gasteiger partial charge in [0.05, 0.1) is 5.56 Å². The number of hydrogen-bond acceptors (Lipinski definition) is 4. The Bertz CT molecular complexity index is 1090. The Kier molecular flexibility index (Phi) is 6.45. The third kappa shape index (κ3) is 4.62. The Labute approximate surface area is 190 Å². The first-order valence-electron chi connectivity index (χ1n) is 11.2. The van der Waals surface area contributed by atoms with E-state index in [1.807, 2.05) is 0 Å². The molecule has 0 radical (unpaired) electrons. The maximum Gasteiger partial charge on any atom is 0.336 e. The molecular formula is C27H31N3O2. The van der Waals surface area contributed by atoms with Gasteiger partial charge >= 0.3 is 5.97 Å². The molecule has 0 spiro atoms.